The molecule has 0 fully saturated rings. The molecule has 0 unspecified atom stereocenters. The topological polar surface area (TPSA) is 32.3 Å². The van der Waals surface area contributed by atoms with Crippen LogP contribution in [0.1, 0.15) is 35.4 Å². The van der Waals surface area contributed by atoms with Crippen molar-refractivity contribution in [1.29, 1.82) is 0 Å². The van der Waals surface area contributed by atoms with E-state index in [0.29, 0.717) is 11.6 Å². The van der Waals surface area contributed by atoms with Gasteiger partial charge >= 0.3 is 0 Å². The van der Waals surface area contributed by atoms with E-state index < -0.39 is 0 Å². The SMILES string of the molecule is CCCN1C(=O)c2ccccc2N[C@@H]1c1cccc(Cl)c1. The summed E-state index contributed by atoms with van der Waals surface area (Å²) in [6.45, 7) is 2.78. The van der Waals surface area contributed by atoms with Crippen LogP contribution in [0.2, 0.25) is 5.02 Å². The summed E-state index contributed by atoms with van der Waals surface area (Å²) in [5.74, 6) is 0.0659. The van der Waals surface area contributed by atoms with Crippen LogP contribution >= 0.6 is 11.6 Å². The number of benzene rings is 2. The normalized spacial score (nSPS) is 17.3. The maximum Gasteiger partial charge on any atom is 0.257 e. The Hall–Kier alpha value is -2.00. The van der Waals surface area contributed by atoms with Gasteiger partial charge in [0.2, 0.25) is 0 Å². The average molecular weight is 301 g/mol. The van der Waals surface area contributed by atoms with Crippen LogP contribution in [-0.4, -0.2) is 17.4 Å². The zero-order valence-electron chi connectivity index (χ0n) is 11.8. The Morgan fingerprint density at radius 3 is 2.76 bits per heavy atom. The predicted octanol–water partition coefficient (Wildman–Crippen LogP) is 4.32. The number of rotatable bonds is 3. The number of carbonyl (C=O) groups is 1. The quantitative estimate of drug-likeness (QED) is 0.915. The average Bonchev–Trinajstić information content (AvgIpc) is 2.50. The van der Waals surface area contributed by atoms with Crippen LogP contribution < -0.4 is 5.32 Å². The van der Waals surface area contributed by atoms with E-state index >= 15 is 0 Å². The van der Waals surface area contributed by atoms with Crippen LogP contribution in [-0.2, 0) is 0 Å². The molecule has 108 valence electrons. The molecule has 0 saturated heterocycles. The number of nitrogens with zero attached hydrogens (tertiary/aromatic N) is 1. The Morgan fingerprint density at radius 1 is 1.19 bits per heavy atom. The number of amides is 1. The van der Waals surface area contributed by atoms with Crippen molar-refractivity contribution < 1.29 is 4.79 Å². The molecule has 3 rings (SSSR count). The van der Waals surface area contributed by atoms with Crippen molar-refractivity contribution in [3.05, 3.63) is 64.7 Å². The van der Waals surface area contributed by atoms with Gasteiger partial charge in [-0.3, -0.25) is 4.79 Å². The third kappa shape index (κ3) is 2.61. The molecular weight excluding hydrogens is 284 g/mol. The van der Waals surface area contributed by atoms with Gasteiger partial charge in [0.1, 0.15) is 6.17 Å². The van der Waals surface area contributed by atoms with Gasteiger partial charge in [-0.05, 0) is 36.2 Å². The van der Waals surface area contributed by atoms with E-state index in [0.717, 1.165) is 23.2 Å². The van der Waals surface area contributed by atoms with Crippen LogP contribution in [0.5, 0.6) is 0 Å². The Balaban J connectivity index is 2.04. The Kier molecular flexibility index (Phi) is 3.84. The fraction of sp³-hybridized carbons (Fsp3) is 0.235. The highest BCUT2D eigenvalue weighted by Gasteiger charge is 2.32. The Morgan fingerprint density at radius 2 is 2.00 bits per heavy atom. The minimum absolute atomic E-state index is 0.0659. The van der Waals surface area contributed by atoms with Gasteiger partial charge in [0.25, 0.3) is 5.91 Å². The molecule has 21 heavy (non-hydrogen) atoms. The molecule has 3 nitrogen and oxygen atoms in total. The molecule has 0 aliphatic carbocycles. The maximum atomic E-state index is 12.7. The lowest BCUT2D eigenvalue weighted by Crippen LogP contribution is -2.43. The summed E-state index contributed by atoms with van der Waals surface area (Å²) in [5, 5.41) is 4.13. The number of carbonyl (C=O) groups excluding carboxylic acids is 1. The summed E-state index contributed by atoms with van der Waals surface area (Å²) in [7, 11) is 0. The van der Waals surface area contributed by atoms with Gasteiger partial charge < -0.3 is 10.2 Å². The molecule has 1 N–H and O–H groups in total. The van der Waals surface area contributed by atoms with E-state index in [4.69, 9.17) is 11.6 Å². The molecule has 1 aliphatic heterocycles. The van der Waals surface area contributed by atoms with Gasteiger partial charge in [-0.25, -0.2) is 0 Å². The van der Waals surface area contributed by atoms with Crippen molar-refractivity contribution in [2.75, 3.05) is 11.9 Å². The molecule has 0 spiro atoms. The lowest BCUT2D eigenvalue weighted by molar-refractivity contribution is 0.0683. The van der Waals surface area contributed by atoms with Crippen LogP contribution in [0.15, 0.2) is 48.5 Å². The van der Waals surface area contributed by atoms with Crippen LogP contribution in [0.25, 0.3) is 0 Å². The lowest BCUT2D eigenvalue weighted by Gasteiger charge is -2.38. The predicted molar refractivity (Wildman–Crippen MR) is 85.6 cm³/mol. The molecular formula is C17H17ClN2O. The van der Waals surface area contributed by atoms with Gasteiger partial charge in [0.05, 0.1) is 5.56 Å². The molecule has 4 heteroatoms. The van der Waals surface area contributed by atoms with Crippen LogP contribution in [0.3, 0.4) is 0 Å². The third-order valence-electron chi connectivity index (χ3n) is 3.65. The summed E-state index contributed by atoms with van der Waals surface area (Å²) < 4.78 is 0. The number of halogens is 1. The van der Waals surface area contributed by atoms with Gasteiger partial charge in [-0.1, -0.05) is 42.8 Å². The second-order valence-corrected chi connectivity index (χ2v) is 5.58. The first-order valence-corrected chi connectivity index (χ1v) is 7.50. The molecule has 1 amide bonds. The van der Waals surface area contributed by atoms with Crippen LogP contribution in [0.4, 0.5) is 5.69 Å². The molecule has 2 aromatic rings. The second-order valence-electron chi connectivity index (χ2n) is 5.15. The minimum Gasteiger partial charge on any atom is -0.361 e. The molecule has 1 atom stereocenters. The van der Waals surface area contributed by atoms with Gasteiger partial charge in [0.15, 0.2) is 0 Å². The van der Waals surface area contributed by atoms with E-state index in [1.165, 1.54) is 0 Å². The first-order valence-electron chi connectivity index (χ1n) is 7.12. The highest BCUT2D eigenvalue weighted by atomic mass is 35.5. The first-order chi connectivity index (χ1) is 10.2. The number of anilines is 1. The molecule has 1 aliphatic rings. The Labute approximate surface area is 129 Å². The number of hydrogen-bond donors (Lipinski definition) is 1. The summed E-state index contributed by atoms with van der Waals surface area (Å²) in [6, 6.07) is 15.3. The standard InChI is InChI=1S/C17H17ClN2O/c1-2-10-20-16(12-6-5-7-13(18)11-12)19-15-9-4-3-8-14(15)17(20)21/h3-9,11,16,19H,2,10H2,1H3/t16-/m0/s1. The molecule has 0 aromatic heterocycles. The van der Waals surface area contributed by atoms with Crippen molar-refractivity contribution in [1.82, 2.24) is 4.90 Å². The van der Waals surface area contributed by atoms with Gasteiger partial charge in [-0.15, -0.1) is 0 Å². The highest BCUT2D eigenvalue weighted by Crippen LogP contribution is 2.33. The minimum atomic E-state index is -0.175. The lowest BCUT2D eigenvalue weighted by atomic mass is 10.0. The Bertz CT molecular complexity index is 671. The molecule has 0 bridgehead atoms. The van der Waals surface area contributed by atoms with Crippen molar-refractivity contribution in [2.24, 2.45) is 0 Å². The van der Waals surface area contributed by atoms with E-state index in [2.05, 4.69) is 12.2 Å². The highest BCUT2D eigenvalue weighted by molar-refractivity contribution is 6.30. The maximum absolute atomic E-state index is 12.7. The zero-order valence-corrected chi connectivity index (χ0v) is 12.6. The third-order valence-corrected chi connectivity index (χ3v) is 3.89. The van der Waals surface area contributed by atoms with Crippen molar-refractivity contribution in [3.8, 4) is 0 Å². The van der Waals surface area contributed by atoms with Gasteiger partial charge in [0, 0.05) is 17.3 Å². The van der Waals surface area contributed by atoms with E-state index in [1.807, 2.05) is 53.4 Å². The van der Waals surface area contributed by atoms with Crippen molar-refractivity contribution in [3.63, 3.8) is 0 Å². The molecule has 0 radical (unpaired) electrons. The first kappa shape index (κ1) is 14.0. The second kappa shape index (κ2) is 5.78. The van der Waals surface area contributed by atoms with E-state index in [9.17, 15) is 4.79 Å². The zero-order chi connectivity index (χ0) is 14.8. The molecule has 0 saturated carbocycles. The summed E-state index contributed by atoms with van der Waals surface area (Å²) in [6.07, 6.45) is 0.734. The number of nitrogens with one attached hydrogen (secondary N) is 1. The smallest absolute Gasteiger partial charge is 0.257 e. The van der Waals surface area contributed by atoms with E-state index in [1.54, 1.807) is 0 Å². The van der Waals surface area contributed by atoms with Crippen molar-refractivity contribution >= 4 is 23.2 Å². The summed E-state index contributed by atoms with van der Waals surface area (Å²) in [4.78, 5) is 14.6. The number of hydrogen-bond acceptors (Lipinski definition) is 2. The van der Waals surface area contributed by atoms with Crippen molar-refractivity contribution in [2.45, 2.75) is 19.5 Å². The largest absolute Gasteiger partial charge is 0.361 e. The van der Waals surface area contributed by atoms with Crippen LogP contribution in [0, 0.1) is 0 Å². The summed E-state index contributed by atoms with van der Waals surface area (Å²) >= 11 is 6.09. The van der Waals surface area contributed by atoms with Gasteiger partial charge in [-0.2, -0.15) is 0 Å². The monoisotopic (exact) mass is 300 g/mol. The summed E-state index contributed by atoms with van der Waals surface area (Å²) in [5.41, 5.74) is 2.60. The number of fused-ring (bicyclic) bond motifs is 1. The molecule has 2 aromatic carbocycles. The van der Waals surface area contributed by atoms with E-state index in [-0.39, 0.29) is 12.1 Å². The molecule has 1 heterocycles. The fourth-order valence-corrected chi connectivity index (χ4v) is 2.90. The fourth-order valence-electron chi connectivity index (χ4n) is 2.70. The number of para-hydroxylation sites is 1.